The lowest BCUT2D eigenvalue weighted by atomic mass is 10.1. The number of furan rings is 1. The number of benzene rings is 3. The highest BCUT2D eigenvalue weighted by Gasteiger charge is 2.58. The molecule has 0 radical (unpaired) electrons. The van der Waals surface area contributed by atoms with Crippen molar-refractivity contribution in [3.63, 3.8) is 0 Å². The molecular formula is C22H19N3O. The van der Waals surface area contributed by atoms with E-state index in [1.807, 2.05) is 12.1 Å². The van der Waals surface area contributed by atoms with Gasteiger partial charge in [-0.05, 0) is 18.7 Å². The van der Waals surface area contributed by atoms with Gasteiger partial charge in [0, 0.05) is 16.3 Å². The van der Waals surface area contributed by atoms with Crippen LogP contribution in [0.3, 0.4) is 0 Å². The molecule has 26 heavy (non-hydrogen) atoms. The van der Waals surface area contributed by atoms with Gasteiger partial charge in [0.25, 0.3) is 0 Å². The monoisotopic (exact) mass is 341 g/mol. The van der Waals surface area contributed by atoms with E-state index in [9.17, 15) is 0 Å². The van der Waals surface area contributed by atoms with Gasteiger partial charge < -0.3 is 4.42 Å². The Balaban J connectivity index is 1.46. The average Bonchev–Trinajstić information content (AvgIpc) is 3.06. The SMILES string of the molecule is CN1CN2C(c3cccc4c3oc3ccccc34)N2C1c1ccccc1. The fourth-order valence-electron chi connectivity index (χ4n) is 4.46. The molecule has 4 atom stereocenters. The number of rotatable bonds is 2. The minimum absolute atomic E-state index is 0.278. The quantitative estimate of drug-likeness (QED) is 0.492. The molecule has 3 heterocycles. The Morgan fingerprint density at radius 1 is 0.808 bits per heavy atom. The normalized spacial score (nSPS) is 27.9. The van der Waals surface area contributed by atoms with Crippen LogP contribution in [-0.4, -0.2) is 28.6 Å². The highest BCUT2D eigenvalue weighted by Crippen LogP contribution is 2.55. The second-order valence-electron chi connectivity index (χ2n) is 7.20. The smallest absolute Gasteiger partial charge is 0.141 e. The molecule has 2 aliphatic heterocycles. The van der Waals surface area contributed by atoms with Crippen LogP contribution in [0.5, 0.6) is 0 Å². The highest BCUT2D eigenvalue weighted by atomic mass is 16.3. The molecule has 1 aromatic heterocycles. The molecule has 2 saturated heterocycles. The lowest BCUT2D eigenvalue weighted by Gasteiger charge is -2.23. The summed E-state index contributed by atoms with van der Waals surface area (Å²) in [6.45, 7) is 0.931. The molecule has 4 unspecified atom stereocenters. The third kappa shape index (κ3) is 1.89. The second-order valence-corrected chi connectivity index (χ2v) is 7.20. The van der Waals surface area contributed by atoms with Crippen LogP contribution < -0.4 is 0 Å². The van der Waals surface area contributed by atoms with E-state index in [-0.39, 0.29) is 12.3 Å². The third-order valence-electron chi connectivity index (χ3n) is 5.62. The van der Waals surface area contributed by atoms with Gasteiger partial charge in [-0.25, -0.2) is 5.01 Å². The average molecular weight is 341 g/mol. The van der Waals surface area contributed by atoms with E-state index in [0.29, 0.717) is 0 Å². The lowest BCUT2D eigenvalue weighted by Crippen LogP contribution is -2.26. The molecule has 0 amide bonds. The molecule has 2 fully saturated rings. The summed E-state index contributed by atoms with van der Waals surface area (Å²) in [4.78, 5) is 2.38. The molecule has 0 spiro atoms. The maximum atomic E-state index is 6.25. The van der Waals surface area contributed by atoms with Crippen LogP contribution in [0.15, 0.2) is 77.2 Å². The predicted octanol–water partition coefficient (Wildman–Crippen LogP) is 4.72. The van der Waals surface area contributed by atoms with Crippen molar-refractivity contribution < 1.29 is 4.42 Å². The Labute approximate surface area is 151 Å². The van der Waals surface area contributed by atoms with Crippen LogP contribution in [0.4, 0.5) is 0 Å². The first-order chi connectivity index (χ1) is 12.8. The lowest BCUT2D eigenvalue weighted by molar-refractivity contribution is 0.198. The summed E-state index contributed by atoms with van der Waals surface area (Å²) in [6.07, 6.45) is 0.557. The van der Waals surface area contributed by atoms with E-state index in [1.165, 1.54) is 21.9 Å². The van der Waals surface area contributed by atoms with Crippen molar-refractivity contribution in [2.75, 3.05) is 13.7 Å². The Bertz CT molecular complexity index is 1120. The summed E-state index contributed by atoms with van der Waals surface area (Å²) < 4.78 is 6.25. The van der Waals surface area contributed by atoms with E-state index in [4.69, 9.17) is 4.42 Å². The van der Waals surface area contributed by atoms with Gasteiger partial charge in [-0.3, -0.25) is 4.90 Å². The Hall–Kier alpha value is -2.66. The Kier molecular flexibility index (Phi) is 2.89. The number of nitrogens with zero attached hydrogens (tertiary/aromatic N) is 3. The number of hydrazine groups is 1. The zero-order valence-corrected chi connectivity index (χ0v) is 14.5. The van der Waals surface area contributed by atoms with Crippen molar-refractivity contribution in [3.05, 3.63) is 83.9 Å². The van der Waals surface area contributed by atoms with Crippen molar-refractivity contribution in [1.29, 1.82) is 0 Å². The second kappa shape index (κ2) is 5.17. The van der Waals surface area contributed by atoms with Crippen molar-refractivity contribution >= 4 is 21.9 Å². The van der Waals surface area contributed by atoms with Gasteiger partial charge >= 0.3 is 0 Å². The molecular weight excluding hydrogens is 322 g/mol. The van der Waals surface area contributed by atoms with Crippen LogP contribution in [-0.2, 0) is 0 Å². The van der Waals surface area contributed by atoms with Crippen LogP contribution in [0.25, 0.3) is 21.9 Å². The maximum Gasteiger partial charge on any atom is 0.141 e. The van der Waals surface area contributed by atoms with E-state index in [1.54, 1.807) is 0 Å². The first-order valence-corrected chi connectivity index (χ1v) is 9.03. The van der Waals surface area contributed by atoms with E-state index < -0.39 is 0 Å². The van der Waals surface area contributed by atoms with Gasteiger partial charge in [0.2, 0.25) is 0 Å². The summed E-state index contributed by atoms with van der Waals surface area (Å²) in [7, 11) is 2.18. The van der Waals surface area contributed by atoms with E-state index in [0.717, 1.165) is 17.8 Å². The maximum absolute atomic E-state index is 6.25. The Morgan fingerprint density at radius 3 is 2.46 bits per heavy atom. The van der Waals surface area contributed by atoms with Gasteiger partial charge in [0.05, 0.1) is 6.67 Å². The van der Waals surface area contributed by atoms with Crippen molar-refractivity contribution in [3.8, 4) is 0 Å². The molecule has 2 aliphatic rings. The van der Waals surface area contributed by atoms with Gasteiger partial charge in [-0.2, -0.15) is 5.01 Å². The standard InChI is InChI=1S/C22H19N3O/c1-23-14-24-22(25(24)21(23)15-8-3-2-4-9-15)18-12-7-11-17-16-10-5-6-13-19(16)26-20(17)18/h2-13,21-22H,14H2,1H3. The summed E-state index contributed by atoms with van der Waals surface area (Å²) in [5.41, 5.74) is 4.56. The van der Waals surface area contributed by atoms with Crippen LogP contribution in [0, 0.1) is 0 Å². The van der Waals surface area contributed by atoms with Crippen LogP contribution in [0.2, 0.25) is 0 Å². The zero-order chi connectivity index (χ0) is 17.3. The first-order valence-electron chi connectivity index (χ1n) is 9.03. The molecule has 4 nitrogen and oxygen atoms in total. The largest absolute Gasteiger partial charge is 0.456 e. The Morgan fingerprint density at radius 2 is 1.58 bits per heavy atom. The van der Waals surface area contributed by atoms with Crippen molar-refractivity contribution in [1.82, 2.24) is 14.9 Å². The predicted molar refractivity (Wildman–Crippen MR) is 102 cm³/mol. The molecule has 0 bridgehead atoms. The van der Waals surface area contributed by atoms with Gasteiger partial charge in [-0.15, -0.1) is 0 Å². The molecule has 3 aromatic carbocycles. The zero-order valence-electron chi connectivity index (χ0n) is 14.5. The molecule has 6 rings (SSSR count). The van der Waals surface area contributed by atoms with E-state index in [2.05, 4.69) is 82.6 Å². The summed E-state index contributed by atoms with van der Waals surface area (Å²) in [6, 6.07) is 25.5. The molecule has 0 aliphatic carbocycles. The minimum atomic E-state index is 0.278. The number of para-hydroxylation sites is 2. The van der Waals surface area contributed by atoms with Crippen molar-refractivity contribution in [2.45, 2.75) is 12.3 Å². The van der Waals surface area contributed by atoms with E-state index >= 15 is 0 Å². The minimum Gasteiger partial charge on any atom is -0.456 e. The van der Waals surface area contributed by atoms with Crippen LogP contribution >= 0.6 is 0 Å². The highest BCUT2D eigenvalue weighted by molar-refractivity contribution is 6.05. The summed E-state index contributed by atoms with van der Waals surface area (Å²) in [5, 5.41) is 7.27. The van der Waals surface area contributed by atoms with Gasteiger partial charge in [0.15, 0.2) is 0 Å². The molecule has 128 valence electrons. The number of hydrogen-bond acceptors (Lipinski definition) is 4. The first kappa shape index (κ1) is 14.5. The summed E-state index contributed by atoms with van der Waals surface area (Å²) >= 11 is 0. The fourth-order valence-corrected chi connectivity index (χ4v) is 4.46. The van der Waals surface area contributed by atoms with Crippen LogP contribution in [0.1, 0.15) is 23.5 Å². The summed E-state index contributed by atoms with van der Waals surface area (Å²) in [5.74, 6) is 0. The molecule has 4 aromatic rings. The molecule has 0 saturated carbocycles. The van der Waals surface area contributed by atoms with Gasteiger partial charge in [0.1, 0.15) is 23.5 Å². The molecule has 0 N–H and O–H groups in total. The topological polar surface area (TPSA) is 22.4 Å². The fraction of sp³-hybridized carbons (Fsp3) is 0.182. The van der Waals surface area contributed by atoms with Crippen molar-refractivity contribution in [2.24, 2.45) is 0 Å². The van der Waals surface area contributed by atoms with Gasteiger partial charge in [-0.1, -0.05) is 66.7 Å². The third-order valence-corrected chi connectivity index (χ3v) is 5.62. The number of fused-ring (bicyclic) bond motifs is 4. The number of hydrogen-bond donors (Lipinski definition) is 0. The molecule has 4 heteroatoms.